The lowest BCUT2D eigenvalue weighted by Crippen LogP contribution is -3.13. The third-order valence-electron chi connectivity index (χ3n) is 1.42. The maximum absolute atomic E-state index is 10.9. The normalized spacial score (nSPS) is 19.1. The number of nitrogens with one attached hydrogen (secondary N) is 4. The van der Waals surface area contributed by atoms with E-state index in [1.54, 1.807) is 0 Å². The second-order valence-electron chi connectivity index (χ2n) is 2.88. The molecular formula is C6H18N4O6. The van der Waals surface area contributed by atoms with E-state index in [9.17, 15) is 15.6 Å². The lowest BCUT2D eigenvalue weighted by Gasteiger charge is -2.25. The van der Waals surface area contributed by atoms with Crippen LogP contribution in [0.25, 0.3) is 0 Å². The molecule has 0 aromatic rings. The molecular weight excluding hydrogens is 224 g/mol. The molecule has 10 heteroatoms. The first kappa shape index (κ1) is 15.6. The van der Waals surface area contributed by atoms with Gasteiger partial charge in [0.1, 0.15) is 13.2 Å². The summed E-state index contributed by atoms with van der Waals surface area (Å²) in [6.07, 6.45) is -0.812. The molecule has 0 radical (unpaired) electrons. The zero-order valence-corrected chi connectivity index (χ0v) is 9.44. The van der Waals surface area contributed by atoms with Gasteiger partial charge in [-0.15, -0.1) is 10.8 Å². The van der Waals surface area contributed by atoms with Crippen molar-refractivity contribution in [3.05, 3.63) is 15.6 Å². The molecule has 98 valence electrons. The molecule has 10 nitrogen and oxygen atoms in total. The fourth-order valence-corrected chi connectivity index (χ4v) is 0.747. The summed E-state index contributed by atoms with van der Waals surface area (Å²) in [4.78, 5) is 14.1. The molecule has 4 N–H and O–H groups in total. The quantitative estimate of drug-likeness (QED) is 0.298. The molecule has 0 saturated heterocycles. The first-order valence-electron chi connectivity index (χ1n) is 4.60. The minimum Gasteiger partial charge on any atom is -0.600 e. The van der Waals surface area contributed by atoms with Gasteiger partial charge in [0.05, 0.1) is 14.1 Å². The van der Waals surface area contributed by atoms with Gasteiger partial charge in [-0.2, -0.15) is 4.84 Å². The largest absolute Gasteiger partial charge is 0.600 e. The lowest BCUT2D eigenvalue weighted by atomic mass is 10.4. The number of hydrogen-bond acceptors (Lipinski definition) is 7. The van der Waals surface area contributed by atoms with E-state index in [1.165, 1.54) is 21.1 Å². The summed E-state index contributed by atoms with van der Waals surface area (Å²) in [6, 6.07) is 0. The fourth-order valence-electron chi connectivity index (χ4n) is 0.747. The highest BCUT2D eigenvalue weighted by molar-refractivity contribution is 4.49. The van der Waals surface area contributed by atoms with Gasteiger partial charge in [-0.3, -0.25) is 0 Å². The molecule has 3 unspecified atom stereocenters. The predicted molar refractivity (Wildman–Crippen MR) is 50.7 cm³/mol. The predicted octanol–water partition coefficient (Wildman–Crippen LogP) is -5.31. The molecule has 0 aliphatic rings. The second-order valence-corrected chi connectivity index (χ2v) is 2.88. The molecule has 0 aromatic heterocycles. The van der Waals surface area contributed by atoms with Crippen molar-refractivity contribution in [2.75, 3.05) is 34.4 Å². The van der Waals surface area contributed by atoms with Crippen LogP contribution in [-0.2, 0) is 14.5 Å². The summed E-state index contributed by atoms with van der Waals surface area (Å²) >= 11 is 0. The van der Waals surface area contributed by atoms with Gasteiger partial charge in [0.15, 0.2) is 6.10 Å². The number of hydrogen-bond donors (Lipinski definition) is 4. The standard InChI is InChI=1S/C6H18N4O6/c1-7-10(13)16-6(4-14-8(2)11)5-15-9(3)12/h6-10H,4-5H2,1-3H3. The minimum atomic E-state index is -0.812. The van der Waals surface area contributed by atoms with Crippen molar-refractivity contribution in [2.24, 2.45) is 0 Å². The topological polar surface area (TPSA) is 122 Å². The van der Waals surface area contributed by atoms with Crippen LogP contribution in [0.4, 0.5) is 0 Å². The van der Waals surface area contributed by atoms with E-state index in [1.807, 2.05) is 0 Å². The number of quaternary nitrogens is 3. The highest BCUT2D eigenvalue weighted by Gasteiger charge is 2.18. The third-order valence-corrected chi connectivity index (χ3v) is 1.42. The Bertz CT molecular complexity index is 159. The number of hydroxylamine groups is 4. The molecule has 0 saturated carbocycles. The van der Waals surface area contributed by atoms with Crippen molar-refractivity contribution in [2.45, 2.75) is 6.10 Å². The molecule has 0 fully saturated rings. The van der Waals surface area contributed by atoms with Gasteiger partial charge >= 0.3 is 0 Å². The fraction of sp³-hybridized carbons (Fsp3) is 1.00. The zero-order valence-electron chi connectivity index (χ0n) is 9.44. The Morgan fingerprint density at radius 3 is 1.81 bits per heavy atom. The van der Waals surface area contributed by atoms with Gasteiger partial charge < -0.3 is 15.6 Å². The van der Waals surface area contributed by atoms with Crippen LogP contribution in [0.5, 0.6) is 0 Å². The number of rotatable bonds is 9. The van der Waals surface area contributed by atoms with Crippen molar-refractivity contribution in [1.82, 2.24) is 5.43 Å². The Kier molecular flexibility index (Phi) is 8.50. The van der Waals surface area contributed by atoms with E-state index in [2.05, 4.69) is 15.1 Å². The van der Waals surface area contributed by atoms with Crippen LogP contribution in [-0.4, -0.2) is 40.5 Å². The van der Waals surface area contributed by atoms with Crippen LogP contribution in [0.2, 0.25) is 0 Å². The van der Waals surface area contributed by atoms with E-state index < -0.39 is 21.9 Å². The first-order chi connectivity index (χ1) is 7.45. The van der Waals surface area contributed by atoms with Crippen LogP contribution >= 0.6 is 0 Å². The van der Waals surface area contributed by atoms with Crippen LogP contribution in [0.15, 0.2) is 0 Å². The Morgan fingerprint density at radius 2 is 1.50 bits per heavy atom. The summed E-state index contributed by atoms with van der Waals surface area (Å²) in [7, 11) is 3.84. The molecule has 0 aromatic carbocycles. The third kappa shape index (κ3) is 8.87. The molecule has 0 aliphatic heterocycles. The minimum absolute atomic E-state index is 0.157. The van der Waals surface area contributed by atoms with E-state index >= 15 is 0 Å². The molecule has 0 aliphatic carbocycles. The SMILES string of the molecule is CN[NH+]([O-])OC(CO[NH+](C)[O-])CO[NH+](C)[O-]. The van der Waals surface area contributed by atoms with Gasteiger partial charge in [0.2, 0.25) is 0 Å². The Morgan fingerprint density at radius 1 is 1.06 bits per heavy atom. The first-order valence-corrected chi connectivity index (χ1v) is 4.60. The van der Waals surface area contributed by atoms with Crippen LogP contribution in [0, 0.1) is 15.6 Å². The summed E-state index contributed by atoms with van der Waals surface area (Å²) in [6.45, 7) is -0.313. The van der Waals surface area contributed by atoms with Crippen molar-refractivity contribution >= 4 is 0 Å². The highest BCUT2D eigenvalue weighted by atomic mass is 16.9. The Labute approximate surface area is 92.8 Å². The monoisotopic (exact) mass is 242 g/mol. The average molecular weight is 242 g/mol. The molecule has 0 spiro atoms. The van der Waals surface area contributed by atoms with Gasteiger partial charge in [-0.25, -0.2) is 20.1 Å². The summed E-state index contributed by atoms with van der Waals surface area (Å²) in [5, 5.41) is 30.3. The van der Waals surface area contributed by atoms with Gasteiger partial charge in [0.25, 0.3) is 0 Å². The van der Waals surface area contributed by atoms with Crippen molar-refractivity contribution < 1.29 is 30.3 Å². The lowest BCUT2D eigenvalue weighted by molar-refractivity contribution is -1.10. The highest BCUT2D eigenvalue weighted by Crippen LogP contribution is 1.86. The van der Waals surface area contributed by atoms with E-state index in [0.29, 0.717) is 0 Å². The van der Waals surface area contributed by atoms with Crippen LogP contribution < -0.4 is 21.2 Å². The molecule has 0 rings (SSSR count). The van der Waals surface area contributed by atoms with Crippen LogP contribution in [0.1, 0.15) is 0 Å². The van der Waals surface area contributed by atoms with E-state index in [4.69, 9.17) is 4.84 Å². The van der Waals surface area contributed by atoms with Crippen molar-refractivity contribution in [3.8, 4) is 0 Å². The summed E-state index contributed by atoms with van der Waals surface area (Å²) < 4.78 is 0. The summed E-state index contributed by atoms with van der Waals surface area (Å²) in [5.41, 5.74) is 2.23. The van der Waals surface area contributed by atoms with Crippen molar-refractivity contribution in [1.29, 1.82) is 0 Å². The molecule has 0 amide bonds. The van der Waals surface area contributed by atoms with Gasteiger partial charge in [0, 0.05) is 7.05 Å². The van der Waals surface area contributed by atoms with Crippen LogP contribution in [0.3, 0.4) is 0 Å². The summed E-state index contributed by atoms with van der Waals surface area (Å²) in [5.74, 6) is 0. The zero-order chi connectivity index (χ0) is 12.6. The Balaban J connectivity index is 3.94. The maximum Gasteiger partial charge on any atom is 0.178 e. The average Bonchev–Trinajstić information content (AvgIpc) is 2.21. The van der Waals surface area contributed by atoms with Crippen molar-refractivity contribution in [3.63, 3.8) is 0 Å². The molecule has 3 atom stereocenters. The maximum atomic E-state index is 10.9. The van der Waals surface area contributed by atoms with Gasteiger partial charge in [-0.05, 0) is 0 Å². The van der Waals surface area contributed by atoms with Gasteiger partial charge in [-0.1, -0.05) is 0 Å². The smallest absolute Gasteiger partial charge is 0.178 e. The van der Waals surface area contributed by atoms with E-state index in [-0.39, 0.29) is 13.2 Å². The Hall–Kier alpha value is -0.400. The molecule has 0 bridgehead atoms. The second kappa shape index (κ2) is 8.72. The molecule has 0 heterocycles. The molecule has 16 heavy (non-hydrogen) atoms. The van der Waals surface area contributed by atoms with E-state index in [0.717, 1.165) is 0 Å².